The third-order valence-electron chi connectivity index (χ3n) is 4.34. The molecule has 6 heteroatoms. The number of aliphatic carboxylic acids is 2. The summed E-state index contributed by atoms with van der Waals surface area (Å²) in [4.78, 5) is 30.1. The van der Waals surface area contributed by atoms with Gasteiger partial charge in [-0.2, -0.15) is 0 Å². The van der Waals surface area contributed by atoms with Gasteiger partial charge in [-0.25, -0.2) is 0 Å². The Morgan fingerprint density at radius 1 is 0.643 bits per heavy atom. The maximum absolute atomic E-state index is 10.8. The van der Waals surface area contributed by atoms with Crippen LogP contribution in [0.25, 0.3) is 0 Å². The molecule has 0 aromatic heterocycles. The molecule has 0 saturated heterocycles. The SMILES string of the molecule is CCCCCCCC/C=C\CCCCCCC[C](=O)[Na].O=C(O)CCC(=O)O. The molecule has 0 spiro atoms. The van der Waals surface area contributed by atoms with Gasteiger partial charge in [0.2, 0.25) is 0 Å². The number of hydrogen-bond acceptors (Lipinski definition) is 3. The van der Waals surface area contributed by atoms with Gasteiger partial charge in [-0.15, -0.1) is 0 Å². The van der Waals surface area contributed by atoms with Gasteiger partial charge in [0, 0.05) is 0 Å². The molecule has 0 radical (unpaired) electrons. The van der Waals surface area contributed by atoms with Crippen molar-refractivity contribution in [3.05, 3.63) is 12.2 Å². The Kier molecular flexibility index (Phi) is 25.7. The van der Waals surface area contributed by atoms with E-state index in [1.807, 2.05) is 0 Å². The fraction of sp³-hybridized carbons (Fsp3) is 0.773. The molecule has 158 valence electrons. The number of hydrogen-bond donors (Lipinski definition) is 2. The predicted octanol–water partition coefficient (Wildman–Crippen LogP) is 5.65. The zero-order valence-corrected chi connectivity index (χ0v) is 20.1. The van der Waals surface area contributed by atoms with E-state index >= 15 is 0 Å². The fourth-order valence-corrected chi connectivity index (χ4v) is 3.01. The molecule has 0 aromatic rings. The maximum Gasteiger partial charge on any atom is 0.303 e. The number of allylic oxidation sites excluding steroid dienone is 2. The van der Waals surface area contributed by atoms with Crippen LogP contribution in [0.4, 0.5) is 0 Å². The first-order chi connectivity index (χ1) is 13.4. The van der Waals surface area contributed by atoms with E-state index in [2.05, 4.69) is 19.1 Å². The van der Waals surface area contributed by atoms with Crippen LogP contribution in [0.5, 0.6) is 0 Å². The number of carboxylic acid groups (broad SMARTS) is 2. The van der Waals surface area contributed by atoms with Crippen LogP contribution in [-0.2, 0) is 14.4 Å². The molecule has 2 N–H and O–H groups in total. The minimum Gasteiger partial charge on any atom is -0.481 e. The van der Waals surface area contributed by atoms with Crippen molar-refractivity contribution in [2.45, 2.75) is 110 Å². The zero-order valence-electron chi connectivity index (χ0n) is 18.1. The van der Waals surface area contributed by atoms with E-state index in [1.54, 1.807) is 0 Å². The van der Waals surface area contributed by atoms with Gasteiger partial charge in [-0.1, -0.05) is 39.0 Å². The third kappa shape index (κ3) is 33.0. The predicted molar refractivity (Wildman–Crippen MR) is 115 cm³/mol. The molecular formula is C22H39NaO5. The number of rotatable bonds is 18. The number of unbranched alkanes of at least 4 members (excludes halogenated alkanes) is 11. The molecule has 0 aliphatic carbocycles. The van der Waals surface area contributed by atoms with Crippen LogP contribution in [0, 0.1) is 0 Å². The van der Waals surface area contributed by atoms with Crippen molar-refractivity contribution in [3.8, 4) is 0 Å². The molecule has 0 heterocycles. The Bertz CT molecular complexity index is 407. The van der Waals surface area contributed by atoms with Crippen LogP contribution in [0.15, 0.2) is 12.2 Å². The Morgan fingerprint density at radius 3 is 1.43 bits per heavy atom. The summed E-state index contributed by atoms with van der Waals surface area (Å²) in [6.45, 7) is 2.27. The molecule has 0 unspecified atom stereocenters. The second kappa shape index (κ2) is 24.4. The molecule has 0 atom stereocenters. The molecule has 0 rings (SSSR count). The van der Waals surface area contributed by atoms with Crippen LogP contribution < -0.4 is 0 Å². The zero-order chi connectivity index (χ0) is 21.5. The summed E-state index contributed by atoms with van der Waals surface area (Å²) in [7, 11) is 0. The first-order valence-corrected chi connectivity index (χ1v) is 12.0. The molecule has 28 heavy (non-hydrogen) atoms. The van der Waals surface area contributed by atoms with Gasteiger partial charge in [0.25, 0.3) is 0 Å². The number of carboxylic acids is 2. The summed E-state index contributed by atoms with van der Waals surface area (Å²) < 4.78 is 0.475. The summed E-state index contributed by atoms with van der Waals surface area (Å²) in [5.74, 6) is -2.15. The number of carbonyl (C=O) groups excluding carboxylic acids is 1. The van der Waals surface area contributed by atoms with Crippen LogP contribution in [0.2, 0.25) is 0 Å². The molecule has 0 aliphatic heterocycles. The van der Waals surface area contributed by atoms with Crippen molar-refractivity contribution in [1.82, 2.24) is 0 Å². The smallest absolute Gasteiger partial charge is 0.303 e. The second-order valence-electron chi connectivity index (χ2n) is 7.32. The van der Waals surface area contributed by atoms with Crippen molar-refractivity contribution in [1.29, 1.82) is 0 Å². The van der Waals surface area contributed by atoms with E-state index in [1.165, 1.54) is 77.0 Å². The van der Waals surface area contributed by atoms with E-state index in [-0.39, 0.29) is 12.8 Å². The van der Waals surface area contributed by atoms with Crippen LogP contribution in [0.1, 0.15) is 110 Å². The second-order valence-corrected chi connectivity index (χ2v) is 8.44. The van der Waals surface area contributed by atoms with E-state index in [9.17, 15) is 14.4 Å². The Balaban J connectivity index is 0. The van der Waals surface area contributed by atoms with E-state index in [4.69, 9.17) is 10.2 Å². The quantitative estimate of drug-likeness (QED) is 0.174. The van der Waals surface area contributed by atoms with Crippen molar-refractivity contribution in [3.63, 3.8) is 0 Å². The van der Waals surface area contributed by atoms with Crippen LogP contribution in [-0.4, -0.2) is 53.1 Å². The minimum atomic E-state index is -1.08. The van der Waals surface area contributed by atoms with Crippen LogP contribution in [0.3, 0.4) is 0 Å². The molecule has 0 bridgehead atoms. The van der Waals surface area contributed by atoms with Crippen molar-refractivity contribution in [2.24, 2.45) is 0 Å². The molecule has 0 aliphatic rings. The Labute approximate surface area is 188 Å². The van der Waals surface area contributed by atoms with E-state index < -0.39 is 11.9 Å². The van der Waals surface area contributed by atoms with Crippen molar-refractivity contribution < 1.29 is 24.6 Å². The monoisotopic (exact) mass is 406 g/mol. The standard InChI is InChI=1S/C18H33O.C4H6O4.Na/c1-2-3-4-5-6-7-8-9-10-11-12-13-14-15-16-17-18-19;5-3(6)1-2-4(7)8;/h9-10H,2-8,11-17H2,1H3;1-2H2,(H,5,6)(H,7,8);/b10-9-;;. The van der Waals surface area contributed by atoms with Gasteiger partial charge in [0.1, 0.15) is 0 Å². The van der Waals surface area contributed by atoms with Crippen molar-refractivity contribution in [2.75, 3.05) is 0 Å². The molecular weight excluding hydrogens is 367 g/mol. The number of carbonyl (C=O) groups is 3. The summed E-state index contributed by atoms with van der Waals surface area (Å²) in [5.41, 5.74) is 0. The summed E-state index contributed by atoms with van der Waals surface area (Å²) in [5, 5.41) is 15.8. The van der Waals surface area contributed by atoms with Gasteiger partial charge >= 0.3 is 118 Å². The Morgan fingerprint density at radius 2 is 1.04 bits per heavy atom. The molecule has 0 amide bonds. The maximum atomic E-state index is 10.8. The summed E-state index contributed by atoms with van der Waals surface area (Å²) in [6, 6.07) is 0. The summed E-state index contributed by atoms with van der Waals surface area (Å²) in [6.07, 6.45) is 22.2. The largest absolute Gasteiger partial charge is 0.481 e. The Hall–Kier alpha value is -0.650. The fourth-order valence-electron chi connectivity index (χ4n) is 2.66. The van der Waals surface area contributed by atoms with Gasteiger partial charge in [-0.05, 0) is 0 Å². The average Bonchev–Trinajstić information content (AvgIpc) is 2.63. The van der Waals surface area contributed by atoms with Crippen LogP contribution >= 0.6 is 0 Å². The van der Waals surface area contributed by atoms with E-state index in [0.717, 1.165) is 40.8 Å². The summed E-state index contributed by atoms with van der Waals surface area (Å²) >= 11 is 0.742. The first kappa shape index (κ1) is 29.6. The third-order valence-corrected chi connectivity index (χ3v) is 4.84. The van der Waals surface area contributed by atoms with Gasteiger partial charge in [-0.3, -0.25) is 9.59 Å². The van der Waals surface area contributed by atoms with E-state index in [0.29, 0.717) is 3.03 Å². The molecule has 5 nitrogen and oxygen atoms in total. The van der Waals surface area contributed by atoms with Crippen molar-refractivity contribution >= 4 is 42.9 Å². The topological polar surface area (TPSA) is 91.7 Å². The van der Waals surface area contributed by atoms with Gasteiger partial charge in [0.15, 0.2) is 0 Å². The normalized spacial score (nSPS) is 10.5. The molecule has 0 fully saturated rings. The molecule has 0 saturated carbocycles. The van der Waals surface area contributed by atoms with Gasteiger partial charge < -0.3 is 10.2 Å². The molecule has 0 aromatic carbocycles. The van der Waals surface area contributed by atoms with Gasteiger partial charge in [0.05, 0.1) is 12.8 Å². The first-order valence-electron chi connectivity index (χ1n) is 11.0. The minimum absolute atomic E-state index is 0.296. The average molecular weight is 407 g/mol.